The summed E-state index contributed by atoms with van der Waals surface area (Å²) in [5.74, 6) is 0.511. The lowest BCUT2D eigenvalue weighted by atomic mass is 9.95. The van der Waals surface area contributed by atoms with Crippen molar-refractivity contribution in [1.82, 2.24) is 9.88 Å². The number of benzene rings is 1. The number of hydrogen-bond acceptors (Lipinski definition) is 4. The summed E-state index contributed by atoms with van der Waals surface area (Å²) in [5.41, 5.74) is 3.78. The number of carbonyl (C=O) groups is 2. The summed E-state index contributed by atoms with van der Waals surface area (Å²) in [5, 5.41) is 10.4. The summed E-state index contributed by atoms with van der Waals surface area (Å²) in [4.78, 5) is 31.1. The van der Waals surface area contributed by atoms with Gasteiger partial charge in [0.1, 0.15) is 5.69 Å². The number of Topliss-reactive ketones (excluding diaryl/α,β-unsaturated/α-hetero) is 1. The highest BCUT2D eigenvalue weighted by Gasteiger charge is 2.22. The maximum atomic E-state index is 12.5. The zero-order valence-electron chi connectivity index (χ0n) is 18.1. The van der Waals surface area contributed by atoms with Crippen LogP contribution in [0.1, 0.15) is 76.9 Å². The van der Waals surface area contributed by atoms with Gasteiger partial charge < -0.3 is 10.0 Å². The number of piperidine rings is 1. The van der Waals surface area contributed by atoms with Gasteiger partial charge in [0.15, 0.2) is 5.78 Å². The van der Waals surface area contributed by atoms with Crippen molar-refractivity contribution in [3.05, 3.63) is 65.0 Å². The van der Waals surface area contributed by atoms with Gasteiger partial charge in [-0.1, -0.05) is 24.3 Å². The molecule has 0 spiro atoms. The molecule has 1 amide bonds. The molecule has 1 fully saturated rings. The number of rotatable bonds is 8. The lowest BCUT2D eigenvalue weighted by Crippen LogP contribution is -2.36. The predicted octanol–water partition coefficient (Wildman–Crippen LogP) is 4.23. The molecule has 1 atom stereocenters. The molecular formula is C26H32N2O3. The van der Waals surface area contributed by atoms with Gasteiger partial charge in [-0.2, -0.15) is 0 Å². The van der Waals surface area contributed by atoms with E-state index in [1.54, 1.807) is 12.1 Å². The highest BCUT2D eigenvalue weighted by atomic mass is 16.3. The molecule has 0 saturated carbocycles. The van der Waals surface area contributed by atoms with Crippen LogP contribution in [0, 0.1) is 5.92 Å². The van der Waals surface area contributed by atoms with Crippen molar-refractivity contribution in [2.24, 2.45) is 5.92 Å². The predicted molar refractivity (Wildman–Crippen MR) is 120 cm³/mol. The third-order valence-electron chi connectivity index (χ3n) is 6.70. The van der Waals surface area contributed by atoms with Crippen molar-refractivity contribution in [2.75, 3.05) is 13.1 Å². The molecule has 1 aliphatic heterocycles. The van der Waals surface area contributed by atoms with Crippen LogP contribution in [0.3, 0.4) is 0 Å². The van der Waals surface area contributed by atoms with Crippen molar-refractivity contribution in [3.8, 4) is 0 Å². The van der Waals surface area contributed by atoms with Gasteiger partial charge in [0, 0.05) is 31.3 Å². The van der Waals surface area contributed by atoms with Gasteiger partial charge in [0.2, 0.25) is 0 Å². The minimum absolute atomic E-state index is 0.0307. The molecule has 1 unspecified atom stereocenters. The van der Waals surface area contributed by atoms with Crippen LogP contribution in [0.15, 0.2) is 42.6 Å². The summed E-state index contributed by atoms with van der Waals surface area (Å²) < 4.78 is 0. The monoisotopic (exact) mass is 420 g/mol. The van der Waals surface area contributed by atoms with E-state index in [0.717, 1.165) is 51.6 Å². The average Bonchev–Trinajstić information content (AvgIpc) is 3.24. The maximum absolute atomic E-state index is 12.5. The SMILES string of the molecule is O=C(CCC(O)CCC1Cc2ccccc2C1)c1ccc(C(=O)N2CCCCC2)nc1. The van der Waals surface area contributed by atoms with Gasteiger partial charge in [0.05, 0.1) is 6.10 Å². The Kier molecular flexibility index (Phi) is 7.13. The Balaban J connectivity index is 1.20. The van der Waals surface area contributed by atoms with Crippen LogP contribution in [-0.4, -0.2) is 45.9 Å². The van der Waals surface area contributed by atoms with Crippen molar-refractivity contribution in [3.63, 3.8) is 0 Å². The highest BCUT2D eigenvalue weighted by molar-refractivity contribution is 5.97. The fourth-order valence-corrected chi connectivity index (χ4v) is 4.81. The fraction of sp³-hybridized carbons (Fsp3) is 0.500. The average molecular weight is 421 g/mol. The van der Waals surface area contributed by atoms with Crippen LogP contribution in [-0.2, 0) is 12.8 Å². The number of hydrogen-bond donors (Lipinski definition) is 1. The van der Waals surface area contributed by atoms with Gasteiger partial charge in [-0.3, -0.25) is 14.6 Å². The minimum Gasteiger partial charge on any atom is -0.393 e. The molecule has 31 heavy (non-hydrogen) atoms. The number of carbonyl (C=O) groups excluding carboxylic acids is 2. The molecule has 4 rings (SSSR count). The summed E-state index contributed by atoms with van der Waals surface area (Å²) in [6, 6.07) is 11.9. The zero-order valence-corrected chi connectivity index (χ0v) is 18.1. The molecule has 1 N–H and O–H groups in total. The number of nitrogens with zero attached hydrogens (tertiary/aromatic N) is 2. The number of aromatic nitrogens is 1. The third kappa shape index (κ3) is 5.59. The normalized spacial score (nSPS) is 17.4. The van der Waals surface area contributed by atoms with Gasteiger partial charge in [0.25, 0.3) is 5.91 Å². The Morgan fingerprint density at radius 3 is 2.35 bits per heavy atom. The molecule has 2 aromatic rings. The van der Waals surface area contributed by atoms with Crippen LogP contribution >= 0.6 is 0 Å². The van der Waals surface area contributed by atoms with E-state index in [4.69, 9.17) is 0 Å². The molecule has 1 aliphatic carbocycles. The van der Waals surface area contributed by atoms with Crippen molar-refractivity contribution in [1.29, 1.82) is 0 Å². The molecule has 1 aromatic heterocycles. The van der Waals surface area contributed by atoms with Crippen LogP contribution in [0.25, 0.3) is 0 Å². The second kappa shape index (κ2) is 10.2. The second-order valence-electron chi connectivity index (χ2n) is 9.02. The number of fused-ring (bicyclic) bond motifs is 1. The lowest BCUT2D eigenvalue weighted by molar-refractivity contribution is 0.0717. The summed E-state index contributed by atoms with van der Waals surface area (Å²) in [6.45, 7) is 1.57. The Morgan fingerprint density at radius 1 is 1.00 bits per heavy atom. The molecule has 5 heteroatoms. The highest BCUT2D eigenvalue weighted by Crippen LogP contribution is 2.30. The first-order valence-corrected chi connectivity index (χ1v) is 11.6. The summed E-state index contributed by atoms with van der Waals surface area (Å²) in [6.07, 6.45) is 8.96. The van der Waals surface area contributed by atoms with E-state index in [1.165, 1.54) is 23.7 Å². The zero-order chi connectivity index (χ0) is 21.6. The number of aliphatic hydroxyl groups excluding tert-OH is 1. The van der Waals surface area contributed by atoms with Crippen molar-refractivity contribution in [2.45, 2.75) is 63.9 Å². The third-order valence-corrected chi connectivity index (χ3v) is 6.70. The molecule has 0 bridgehead atoms. The Morgan fingerprint density at radius 2 is 1.71 bits per heavy atom. The quantitative estimate of drug-likeness (QED) is 0.649. The largest absolute Gasteiger partial charge is 0.393 e. The molecule has 2 aliphatic rings. The van der Waals surface area contributed by atoms with Crippen molar-refractivity contribution < 1.29 is 14.7 Å². The van der Waals surface area contributed by atoms with E-state index in [0.29, 0.717) is 30.0 Å². The van der Waals surface area contributed by atoms with E-state index >= 15 is 0 Å². The molecule has 164 valence electrons. The molecule has 1 aromatic carbocycles. The summed E-state index contributed by atoms with van der Waals surface area (Å²) >= 11 is 0. The van der Waals surface area contributed by atoms with Crippen molar-refractivity contribution >= 4 is 11.7 Å². The van der Waals surface area contributed by atoms with E-state index in [2.05, 4.69) is 29.2 Å². The molecular weight excluding hydrogens is 388 g/mol. The number of aliphatic hydroxyl groups is 1. The molecule has 0 radical (unpaired) electrons. The smallest absolute Gasteiger partial charge is 0.272 e. The number of likely N-dealkylation sites (tertiary alicyclic amines) is 1. The fourth-order valence-electron chi connectivity index (χ4n) is 4.81. The topological polar surface area (TPSA) is 70.5 Å². The summed E-state index contributed by atoms with van der Waals surface area (Å²) in [7, 11) is 0. The van der Waals surface area contributed by atoms with Crippen LogP contribution in [0.2, 0.25) is 0 Å². The van der Waals surface area contributed by atoms with Crippen LogP contribution in [0.5, 0.6) is 0 Å². The van der Waals surface area contributed by atoms with Gasteiger partial charge >= 0.3 is 0 Å². The van der Waals surface area contributed by atoms with Crippen LogP contribution in [0.4, 0.5) is 0 Å². The van der Waals surface area contributed by atoms with E-state index in [1.807, 2.05) is 4.90 Å². The van der Waals surface area contributed by atoms with Gasteiger partial charge in [-0.15, -0.1) is 0 Å². The Hall–Kier alpha value is -2.53. The van der Waals surface area contributed by atoms with Gasteiger partial charge in [-0.25, -0.2) is 0 Å². The molecule has 1 saturated heterocycles. The second-order valence-corrected chi connectivity index (χ2v) is 9.02. The van der Waals surface area contributed by atoms with E-state index < -0.39 is 6.10 Å². The Bertz CT molecular complexity index is 878. The lowest BCUT2D eigenvalue weighted by Gasteiger charge is -2.26. The van der Waals surface area contributed by atoms with E-state index in [9.17, 15) is 14.7 Å². The number of ketones is 1. The first kappa shape index (κ1) is 21.7. The molecule has 5 nitrogen and oxygen atoms in total. The number of pyridine rings is 1. The Labute approximate surface area is 184 Å². The maximum Gasteiger partial charge on any atom is 0.272 e. The molecule has 2 heterocycles. The first-order valence-electron chi connectivity index (χ1n) is 11.6. The minimum atomic E-state index is -0.458. The number of amides is 1. The van der Waals surface area contributed by atoms with Crippen LogP contribution < -0.4 is 0 Å². The standard InChI is InChI=1S/C26H32N2O3/c29-23(10-8-19-16-20-6-2-3-7-21(20)17-19)11-13-25(30)22-9-12-24(27-18-22)26(31)28-14-4-1-5-15-28/h2-3,6-7,9,12,18-19,23,29H,1,4-5,8,10-11,13-17H2. The first-order chi connectivity index (χ1) is 15.1. The van der Waals surface area contributed by atoms with Gasteiger partial charge in [-0.05, 0) is 80.5 Å². The van der Waals surface area contributed by atoms with E-state index in [-0.39, 0.29) is 11.7 Å².